The lowest BCUT2D eigenvalue weighted by molar-refractivity contribution is -0.137. The van der Waals surface area contributed by atoms with Gasteiger partial charge in [0, 0.05) is 16.1 Å². The number of aromatic nitrogens is 2. The minimum absolute atomic E-state index is 0.289. The van der Waals surface area contributed by atoms with Crippen LogP contribution in [0.5, 0.6) is 0 Å². The van der Waals surface area contributed by atoms with E-state index in [2.05, 4.69) is 15.3 Å². The van der Waals surface area contributed by atoms with Gasteiger partial charge in [0.25, 0.3) is 0 Å². The van der Waals surface area contributed by atoms with E-state index in [1.165, 1.54) is 17.4 Å². The molecule has 0 fully saturated rings. The first-order chi connectivity index (χ1) is 12.9. The summed E-state index contributed by atoms with van der Waals surface area (Å²) in [5.74, 6) is 0.897. The highest BCUT2D eigenvalue weighted by atomic mass is 35.5. The lowest BCUT2D eigenvalue weighted by Crippen LogP contribution is -2.05. The van der Waals surface area contributed by atoms with E-state index in [0.29, 0.717) is 27.6 Å². The molecule has 136 valence electrons. The summed E-state index contributed by atoms with van der Waals surface area (Å²) in [7, 11) is 0. The molecule has 0 aliphatic carbocycles. The molecule has 2 aromatic heterocycles. The Hall–Kier alpha value is -2.64. The highest BCUT2D eigenvalue weighted by Gasteiger charge is 2.30. The van der Waals surface area contributed by atoms with Crippen molar-refractivity contribution >= 4 is 45.3 Å². The van der Waals surface area contributed by atoms with E-state index in [-0.39, 0.29) is 5.69 Å². The van der Waals surface area contributed by atoms with Gasteiger partial charge in [0.2, 0.25) is 0 Å². The van der Waals surface area contributed by atoms with E-state index in [4.69, 9.17) is 11.6 Å². The molecule has 0 saturated carbocycles. The number of fused-ring (bicyclic) bond motifs is 1. The zero-order valence-electron chi connectivity index (χ0n) is 13.6. The summed E-state index contributed by atoms with van der Waals surface area (Å²) in [6, 6.07) is 13.9. The topological polar surface area (TPSA) is 37.8 Å². The third kappa shape index (κ3) is 3.74. The largest absolute Gasteiger partial charge is 0.416 e. The fourth-order valence-corrected chi connectivity index (χ4v) is 3.45. The van der Waals surface area contributed by atoms with E-state index in [0.717, 1.165) is 17.0 Å². The summed E-state index contributed by atoms with van der Waals surface area (Å²) < 4.78 is 39.0. The van der Waals surface area contributed by atoms with Gasteiger partial charge in [-0.1, -0.05) is 23.7 Å². The summed E-state index contributed by atoms with van der Waals surface area (Å²) in [6.45, 7) is 0. The molecule has 0 amide bonds. The van der Waals surface area contributed by atoms with Crippen molar-refractivity contribution in [2.45, 2.75) is 6.18 Å². The fourth-order valence-electron chi connectivity index (χ4n) is 2.62. The second-order valence-corrected chi connectivity index (χ2v) is 7.12. The van der Waals surface area contributed by atoms with E-state index >= 15 is 0 Å². The summed E-state index contributed by atoms with van der Waals surface area (Å²) in [6.07, 6.45) is -4.42. The average molecular weight is 406 g/mol. The Kier molecular flexibility index (Phi) is 4.49. The van der Waals surface area contributed by atoms with Gasteiger partial charge >= 0.3 is 6.18 Å². The molecule has 4 aromatic rings. The number of anilines is 2. The van der Waals surface area contributed by atoms with Gasteiger partial charge in [0.15, 0.2) is 5.82 Å². The number of hydrogen-bond donors (Lipinski definition) is 1. The van der Waals surface area contributed by atoms with Gasteiger partial charge < -0.3 is 5.32 Å². The average Bonchev–Trinajstić information content (AvgIpc) is 3.15. The first-order valence-electron chi connectivity index (χ1n) is 7.85. The Morgan fingerprint density at radius 3 is 2.56 bits per heavy atom. The summed E-state index contributed by atoms with van der Waals surface area (Å²) in [5.41, 5.74) is 0.166. The molecule has 0 atom stereocenters. The maximum Gasteiger partial charge on any atom is 0.416 e. The van der Waals surface area contributed by atoms with Crippen LogP contribution in [0.15, 0.2) is 60.0 Å². The quantitative estimate of drug-likeness (QED) is 0.408. The number of alkyl halides is 3. The molecule has 1 N–H and O–H groups in total. The molecule has 0 unspecified atom stereocenters. The first kappa shape index (κ1) is 17.8. The molecule has 27 heavy (non-hydrogen) atoms. The SMILES string of the molecule is FC(F)(F)c1cccc(Nc2nc(-c3cccs3)nc3cc(Cl)ccc23)c1. The van der Waals surface area contributed by atoms with Crippen LogP contribution in [-0.2, 0) is 6.18 Å². The first-order valence-corrected chi connectivity index (χ1v) is 9.11. The number of hydrogen-bond acceptors (Lipinski definition) is 4. The molecule has 0 spiro atoms. The van der Waals surface area contributed by atoms with Crippen molar-refractivity contribution in [3.63, 3.8) is 0 Å². The second-order valence-electron chi connectivity index (χ2n) is 5.74. The lowest BCUT2D eigenvalue weighted by Gasteiger charge is -2.13. The van der Waals surface area contributed by atoms with E-state index in [1.54, 1.807) is 24.3 Å². The number of nitrogens with one attached hydrogen (secondary N) is 1. The highest BCUT2D eigenvalue weighted by Crippen LogP contribution is 2.33. The van der Waals surface area contributed by atoms with Crippen molar-refractivity contribution in [1.82, 2.24) is 9.97 Å². The van der Waals surface area contributed by atoms with Crippen LogP contribution in [0, 0.1) is 0 Å². The molecule has 2 heterocycles. The predicted octanol–water partition coefficient (Wildman–Crippen LogP) is 6.77. The van der Waals surface area contributed by atoms with Crippen LogP contribution < -0.4 is 5.32 Å². The third-order valence-electron chi connectivity index (χ3n) is 3.85. The highest BCUT2D eigenvalue weighted by molar-refractivity contribution is 7.13. The second kappa shape index (κ2) is 6.83. The molecule has 0 radical (unpaired) electrons. The number of rotatable bonds is 3. The number of nitrogens with zero attached hydrogens (tertiary/aromatic N) is 2. The Morgan fingerprint density at radius 1 is 0.963 bits per heavy atom. The van der Waals surface area contributed by atoms with Crippen molar-refractivity contribution in [3.8, 4) is 10.7 Å². The maximum absolute atomic E-state index is 13.0. The van der Waals surface area contributed by atoms with Crippen LogP contribution in [0.25, 0.3) is 21.6 Å². The fraction of sp³-hybridized carbons (Fsp3) is 0.0526. The zero-order chi connectivity index (χ0) is 19.0. The van der Waals surface area contributed by atoms with Crippen molar-refractivity contribution < 1.29 is 13.2 Å². The molecule has 0 aliphatic heterocycles. The van der Waals surface area contributed by atoms with Gasteiger partial charge in [-0.05, 0) is 47.8 Å². The zero-order valence-corrected chi connectivity index (χ0v) is 15.2. The molecule has 0 saturated heterocycles. The van der Waals surface area contributed by atoms with Gasteiger partial charge in [-0.2, -0.15) is 13.2 Å². The van der Waals surface area contributed by atoms with Crippen molar-refractivity contribution in [2.24, 2.45) is 0 Å². The van der Waals surface area contributed by atoms with Crippen LogP contribution in [-0.4, -0.2) is 9.97 Å². The number of benzene rings is 2. The van der Waals surface area contributed by atoms with Gasteiger partial charge in [0.1, 0.15) is 5.82 Å². The molecular formula is C19H11ClF3N3S. The van der Waals surface area contributed by atoms with Crippen molar-refractivity contribution in [3.05, 3.63) is 70.6 Å². The maximum atomic E-state index is 13.0. The van der Waals surface area contributed by atoms with E-state index in [1.807, 2.05) is 17.5 Å². The predicted molar refractivity (Wildman–Crippen MR) is 103 cm³/mol. The minimum atomic E-state index is -4.42. The van der Waals surface area contributed by atoms with Crippen molar-refractivity contribution in [2.75, 3.05) is 5.32 Å². The molecule has 0 aliphatic rings. The lowest BCUT2D eigenvalue weighted by atomic mass is 10.2. The Labute approximate surface area is 161 Å². The van der Waals surface area contributed by atoms with E-state index < -0.39 is 11.7 Å². The van der Waals surface area contributed by atoms with Crippen LogP contribution in [0.1, 0.15) is 5.56 Å². The van der Waals surface area contributed by atoms with Gasteiger partial charge in [0.05, 0.1) is 16.0 Å². The van der Waals surface area contributed by atoms with Crippen LogP contribution in [0.2, 0.25) is 5.02 Å². The van der Waals surface area contributed by atoms with E-state index in [9.17, 15) is 13.2 Å². The van der Waals surface area contributed by atoms with Gasteiger partial charge in [-0.25, -0.2) is 9.97 Å². The van der Waals surface area contributed by atoms with Gasteiger partial charge in [-0.15, -0.1) is 11.3 Å². The smallest absolute Gasteiger partial charge is 0.340 e. The normalized spacial score (nSPS) is 11.7. The molecule has 3 nitrogen and oxygen atoms in total. The molecule has 0 bridgehead atoms. The standard InChI is InChI=1S/C19H11ClF3N3S/c20-12-6-7-14-15(10-12)25-18(16-5-2-8-27-16)26-17(14)24-13-4-1-3-11(9-13)19(21,22)23/h1-10H,(H,24,25,26). The minimum Gasteiger partial charge on any atom is -0.340 e. The number of thiophene rings is 1. The summed E-state index contributed by atoms with van der Waals surface area (Å²) in [5, 5.41) is 6.08. The Bertz CT molecular complexity index is 1110. The van der Waals surface area contributed by atoms with Crippen LogP contribution >= 0.6 is 22.9 Å². The summed E-state index contributed by atoms with van der Waals surface area (Å²) >= 11 is 7.55. The monoisotopic (exact) mass is 405 g/mol. The van der Waals surface area contributed by atoms with Crippen LogP contribution in [0.4, 0.5) is 24.7 Å². The van der Waals surface area contributed by atoms with Crippen molar-refractivity contribution in [1.29, 1.82) is 0 Å². The molecule has 8 heteroatoms. The molecular weight excluding hydrogens is 395 g/mol. The molecule has 4 rings (SSSR count). The Balaban J connectivity index is 1.83. The summed E-state index contributed by atoms with van der Waals surface area (Å²) in [4.78, 5) is 9.91. The molecule has 2 aromatic carbocycles. The third-order valence-corrected chi connectivity index (χ3v) is 4.95. The van der Waals surface area contributed by atoms with Crippen LogP contribution in [0.3, 0.4) is 0 Å². The number of halogens is 4. The Morgan fingerprint density at radius 2 is 1.81 bits per heavy atom. The van der Waals surface area contributed by atoms with Gasteiger partial charge in [-0.3, -0.25) is 0 Å².